The smallest absolute Gasteiger partial charge is 0.286 e. The molecular weight excluding hydrogens is 729 g/mol. The van der Waals surface area contributed by atoms with E-state index in [1.807, 2.05) is 36.2 Å². The number of unbranched alkanes of at least 4 members (excludes halogenated alkanes) is 11. The maximum atomic E-state index is 13.1. The van der Waals surface area contributed by atoms with Crippen molar-refractivity contribution in [1.29, 1.82) is 0 Å². The summed E-state index contributed by atoms with van der Waals surface area (Å²) in [5, 5.41) is 19.5. The molecule has 11 heteroatoms. The van der Waals surface area contributed by atoms with Crippen molar-refractivity contribution in [1.82, 2.24) is 25.5 Å². The highest BCUT2D eigenvalue weighted by molar-refractivity contribution is 6.35. The van der Waals surface area contributed by atoms with E-state index in [1.165, 1.54) is 77.0 Å². The van der Waals surface area contributed by atoms with Gasteiger partial charge in [-0.05, 0) is 82.2 Å². The molecular formula is C42H60Cl3N5O3. The molecule has 2 aromatic carbocycles. The highest BCUT2D eigenvalue weighted by Crippen LogP contribution is 2.33. The Bertz CT molecular complexity index is 1540. The number of nitrogens with one attached hydrogen (secondary N) is 2. The minimum absolute atomic E-state index is 0.0259. The molecule has 0 aliphatic carbocycles. The summed E-state index contributed by atoms with van der Waals surface area (Å²) in [5.41, 5.74) is 6.42. The van der Waals surface area contributed by atoms with Crippen molar-refractivity contribution in [3.63, 3.8) is 0 Å². The minimum atomic E-state index is -0.228. The van der Waals surface area contributed by atoms with E-state index < -0.39 is 0 Å². The topological polar surface area (TPSA) is 99.5 Å². The molecule has 0 radical (unpaired) electrons. The van der Waals surface area contributed by atoms with Gasteiger partial charge in [0.15, 0.2) is 5.69 Å². The van der Waals surface area contributed by atoms with Crippen molar-refractivity contribution in [2.45, 2.75) is 123 Å². The van der Waals surface area contributed by atoms with Crippen LogP contribution in [-0.4, -0.2) is 58.0 Å². The van der Waals surface area contributed by atoms with Crippen LogP contribution < -0.4 is 10.7 Å². The molecule has 0 atom stereocenters. The molecule has 0 bridgehead atoms. The molecule has 3 N–H and O–H groups in total. The van der Waals surface area contributed by atoms with Crippen LogP contribution >= 0.6 is 34.8 Å². The molecule has 0 spiro atoms. The van der Waals surface area contributed by atoms with Gasteiger partial charge in [-0.2, -0.15) is 5.10 Å². The second-order valence-corrected chi connectivity index (χ2v) is 15.0. The zero-order chi connectivity index (χ0) is 38.3. The number of aliphatic hydroxyl groups excluding tert-OH is 1. The number of allylic oxidation sites excluding steroid dienone is 2. The molecule has 1 aromatic heterocycles. The van der Waals surface area contributed by atoms with Crippen LogP contribution in [0.1, 0.15) is 132 Å². The molecule has 1 aliphatic rings. The van der Waals surface area contributed by atoms with Crippen LogP contribution in [0.25, 0.3) is 16.9 Å². The summed E-state index contributed by atoms with van der Waals surface area (Å²) in [6.45, 7) is 6.25. The molecule has 1 aliphatic heterocycles. The molecule has 0 saturated carbocycles. The van der Waals surface area contributed by atoms with E-state index in [9.17, 15) is 9.59 Å². The highest BCUT2D eigenvalue weighted by atomic mass is 35.5. The Morgan fingerprint density at radius 2 is 1.42 bits per heavy atom. The van der Waals surface area contributed by atoms with Gasteiger partial charge >= 0.3 is 0 Å². The van der Waals surface area contributed by atoms with Crippen molar-refractivity contribution in [2.24, 2.45) is 0 Å². The first-order valence-electron chi connectivity index (χ1n) is 19.6. The lowest BCUT2D eigenvalue weighted by Gasteiger charge is -2.26. The quantitative estimate of drug-likeness (QED) is 0.0737. The predicted molar refractivity (Wildman–Crippen MR) is 221 cm³/mol. The first-order valence-corrected chi connectivity index (χ1v) is 20.8. The maximum absolute atomic E-state index is 13.1. The van der Waals surface area contributed by atoms with Crippen LogP contribution in [0.3, 0.4) is 0 Å². The van der Waals surface area contributed by atoms with Crippen LogP contribution in [0.2, 0.25) is 15.1 Å². The molecule has 4 rings (SSSR count). The van der Waals surface area contributed by atoms with Crippen molar-refractivity contribution in [3.8, 4) is 16.9 Å². The fourth-order valence-electron chi connectivity index (χ4n) is 6.33. The number of halogens is 3. The van der Waals surface area contributed by atoms with Gasteiger partial charge < -0.3 is 10.4 Å². The lowest BCUT2D eigenvalue weighted by Crippen LogP contribution is -2.45. The van der Waals surface area contributed by atoms with E-state index in [1.54, 1.807) is 22.9 Å². The Kier molecular flexibility index (Phi) is 21.9. The monoisotopic (exact) mass is 787 g/mol. The molecule has 1 saturated heterocycles. The average Bonchev–Trinajstić information content (AvgIpc) is 3.49. The van der Waals surface area contributed by atoms with Crippen molar-refractivity contribution < 1.29 is 14.7 Å². The van der Waals surface area contributed by atoms with E-state index in [4.69, 9.17) is 39.9 Å². The zero-order valence-electron chi connectivity index (χ0n) is 31.8. The number of hydrogen-bond acceptors (Lipinski definition) is 5. The van der Waals surface area contributed by atoms with E-state index in [0.717, 1.165) is 55.6 Å². The first kappa shape index (κ1) is 44.5. The number of benzene rings is 2. The summed E-state index contributed by atoms with van der Waals surface area (Å²) in [7, 11) is 0. The van der Waals surface area contributed by atoms with Crippen molar-refractivity contribution in [2.75, 3.05) is 26.2 Å². The first-order chi connectivity index (χ1) is 25.7. The van der Waals surface area contributed by atoms with Gasteiger partial charge in [0.1, 0.15) is 0 Å². The van der Waals surface area contributed by atoms with E-state index in [0.29, 0.717) is 39.4 Å². The summed E-state index contributed by atoms with van der Waals surface area (Å²) in [6, 6.07) is 12.6. The standard InChI is InChI=1S/C22H21Cl3N4O.C20H39NO2/c1-14-20(22(30)27-28-11-3-2-4-12-28)26-29(19-10-9-17(24)13-18(19)25)21(14)15-5-7-16(23)8-6-15;1-2-3-4-5-6-7-8-9-10-11-12-13-14-15-16-17-20(23)21-18-19-22/h5-10,13H,2-4,11-12H2,1H3,(H,27,30);9-10,22H,2-8,11-19H2,1H3,(H,21,23)/b;10-9-. The molecule has 1 fully saturated rings. The Balaban J connectivity index is 0.000000298. The SMILES string of the molecule is CCCCCCCC/C=C\CCCCCCCC(=O)NCCO.Cc1c(C(=O)NN2CCCCC2)nn(-c2ccc(Cl)cc2Cl)c1-c1ccc(Cl)cc1. The lowest BCUT2D eigenvalue weighted by atomic mass is 10.1. The predicted octanol–water partition coefficient (Wildman–Crippen LogP) is 11.1. The molecule has 2 amide bonds. The summed E-state index contributed by atoms with van der Waals surface area (Å²) in [6.07, 6.45) is 25.2. The lowest BCUT2D eigenvalue weighted by molar-refractivity contribution is -0.121. The number of rotatable bonds is 21. The number of nitrogens with zero attached hydrogens (tertiary/aromatic N) is 3. The Hall–Kier alpha value is -2.88. The van der Waals surface area contributed by atoms with Gasteiger partial charge in [-0.1, -0.05) is 124 Å². The summed E-state index contributed by atoms with van der Waals surface area (Å²) >= 11 is 18.6. The van der Waals surface area contributed by atoms with Gasteiger partial charge in [-0.3, -0.25) is 15.0 Å². The largest absolute Gasteiger partial charge is 0.395 e. The highest BCUT2D eigenvalue weighted by Gasteiger charge is 2.25. The van der Waals surface area contributed by atoms with Gasteiger partial charge in [0, 0.05) is 47.2 Å². The fourth-order valence-corrected chi connectivity index (χ4v) is 6.94. The molecule has 53 heavy (non-hydrogen) atoms. The molecule has 2 heterocycles. The number of piperidine rings is 1. The molecule has 3 aromatic rings. The van der Waals surface area contributed by atoms with Crippen LogP contribution in [0, 0.1) is 6.92 Å². The summed E-state index contributed by atoms with van der Waals surface area (Å²) in [5.74, 6) is -0.162. The number of aliphatic hydroxyl groups is 1. The van der Waals surface area contributed by atoms with Gasteiger partial charge in [-0.25, -0.2) is 9.69 Å². The van der Waals surface area contributed by atoms with Crippen LogP contribution in [0.15, 0.2) is 54.6 Å². The normalized spacial score (nSPS) is 13.2. The third-order valence-corrected chi connectivity index (χ3v) is 10.1. The van der Waals surface area contributed by atoms with E-state index >= 15 is 0 Å². The van der Waals surface area contributed by atoms with Crippen LogP contribution in [-0.2, 0) is 4.79 Å². The number of hydrogen-bond donors (Lipinski definition) is 3. The van der Waals surface area contributed by atoms with Crippen LogP contribution in [0.5, 0.6) is 0 Å². The minimum Gasteiger partial charge on any atom is -0.395 e. The number of aromatic nitrogens is 2. The third kappa shape index (κ3) is 16.6. The summed E-state index contributed by atoms with van der Waals surface area (Å²) in [4.78, 5) is 24.4. The Morgan fingerprint density at radius 3 is 2.04 bits per heavy atom. The van der Waals surface area contributed by atoms with Gasteiger partial charge in [0.05, 0.1) is 23.0 Å². The van der Waals surface area contributed by atoms with Gasteiger partial charge in [-0.15, -0.1) is 0 Å². The maximum Gasteiger partial charge on any atom is 0.286 e. The van der Waals surface area contributed by atoms with Gasteiger partial charge in [0.2, 0.25) is 5.91 Å². The number of carbonyl (C=O) groups is 2. The Morgan fingerprint density at radius 1 is 0.811 bits per heavy atom. The number of carbonyl (C=O) groups excluding carboxylic acids is 2. The Labute approximate surface area is 332 Å². The second kappa shape index (κ2) is 26.0. The summed E-state index contributed by atoms with van der Waals surface area (Å²) < 4.78 is 1.70. The van der Waals surface area contributed by atoms with Crippen molar-refractivity contribution >= 4 is 46.6 Å². The van der Waals surface area contributed by atoms with Crippen LogP contribution in [0.4, 0.5) is 0 Å². The number of hydrazine groups is 1. The molecule has 292 valence electrons. The van der Waals surface area contributed by atoms with E-state index in [2.05, 4.69) is 34.9 Å². The molecule has 8 nitrogen and oxygen atoms in total. The third-order valence-electron chi connectivity index (χ3n) is 9.31. The molecule has 0 unspecified atom stereocenters. The van der Waals surface area contributed by atoms with Crippen molar-refractivity contribution in [3.05, 3.63) is 80.9 Å². The van der Waals surface area contributed by atoms with E-state index in [-0.39, 0.29) is 18.4 Å². The second-order valence-electron chi connectivity index (χ2n) is 13.7. The number of amides is 2. The average molecular weight is 789 g/mol. The fraction of sp³-hybridized carbons (Fsp3) is 0.548. The van der Waals surface area contributed by atoms with Gasteiger partial charge in [0.25, 0.3) is 5.91 Å². The zero-order valence-corrected chi connectivity index (χ0v) is 34.1.